The zero-order valence-electron chi connectivity index (χ0n) is 29.6. The summed E-state index contributed by atoms with van der Waals surface area (Å²) < 4.78 is 23.5. The highest BCUT2D eigenvalue weighted by Gasteiger charge is 2.53. The van der Waals surface area contributed by atoms with Gasteiger partial charge in [0.15, 0.2) is 11.6 Å². The number of amides is 1. The predicted octanol–water partition coefficient (Wildman–Crippen LogP) is 7.76. The molecule has 0 aliphatic carbocycles. The molecule has 0 saturated carbocycles. The molecule has 1 heterocycles. The van der Waals surface area contributed by atoms with Crippen molar-refractivity contribution in [1.82, 2.24) is 5.32 Å². The molecule has 0 unspecified atom stereocenters. The molecule has 0 spiro atoms. The van der Waals surface area contributed by atoms with Crippen LogP contribution in [0.25, 0.3) is 21.6 Å². The molecule has 270 valence electrons. The minimum absolute atomic E-state index is 0.0395. The van der Waals surface area contributed by atoms with Crippen molar-refractivity contribution in [2.45, 2.75) is 37.6 Å². The van der Waals surface area contributed by atoms with Gasteiger partial charge in [0.2, 0.25) is 5.90 Å². The number of carbonyl (C=O) groups is 1. The number of methoxy groups -OCH3 is 2. The van der Waals surface area contributed by atoms with E-state index in [9.17, 15) is 4.79 Å². The molecule has 1 aliphatic rings. The molecule has 11 nitrogen and oxygen atoms in total. The van der Waals surface area contributed by atoms with E-state index in [2.05, 4.69) is 15.3 Å². The van der Waals surface area contributed by atoms with Crippen LogP contribution in [0.3, 0.4) is 0 Å². The van der Waals surface area contributed by atoms with Crippen molar-refractivity contribution in [2.24, 2.45) is 10.1 Å². The third-order valence-electron chi connectivity index (χ3n) is 9.17. The summed E-state index contributed by atoms with van der Waals surface area (Å²) in [6.07, 6.45) is -0.177. The first-order valence-electron chi connectivity index (χ1n) is 17.3. The minimum atomic E-state index is -1.49. The second-order valence-corrected chi connectivity index (χ2v) is 12.5. The van der Waals surface area contributed by atoms with Gasteiger partial charge in [0.05, 0.1) is 27.4 Å². The maximum Gasteiger partial charge on any atom is 0.252 e. The van der Waals surface area contributed by atoms with E-state index in [4.69, 9.17) is 34.6 Å². The molecule has 0 bridgehead atoms. The predicted molar refractivity (Wildman–Crippen MR) is 203 cm³/mol. The topological polar surface area (TPSA) is 147 Å². The Balaban J connectivity index is 1.45. The van der Waals surface area contributed by atoms with Gasteiger partial charge in [0.1, 0.15) is 17.2 Å². The molecule has 0 radical (unpaired) electrons. The molecule has 1 amide bonds. The number of rotatable bonds is 16. The Labute approximate surface area is 308 Å². The molecule has 2 N–H and O–H groups in total. The number of azide groups is 1. The van der Waals surface area contributed by atoms with Gasteiger partial charge in [-0.2, -0.15) is 0 Å². The smallest absolute Gasteiger partial charge is 0.252 e. The van der Waals surface area contributed by atoms with E-state index >= 15 is 0 Å². The fourth-order valence-corrected chi connectivity index (χ4v) is 6.37. The van der Waals surface area contributed by atoms with Crippen molar-refractivity contribution in [3.63, 3.8) is 0 Å². The third-order valence-corrected chi connectivity index (χ3v) is 9.17. The largest absolute Gasteiger partial charge is 0.497 e. The first-order valence-corrected chi connectivity index (χ1v) is 17.3. The first kappa shape index (κ1) is 36.5. The van der Waals surface area contributed by atoms with Gasteiger partial charge in [-0.3, -0.25) is 4.79 Å². The maximum atomic E-state index is 15.0. The van der Waals surface area contributed by atoms with E-state index < -0.39 is 11.6 Å². The van der Waals surface area contributed by atoms with E-state index in [1.165, 1.54) is 0 Å². The lowest BCUT2D eigenvalue weighted by atomic mass is 9.80. The Bertz CT molecular complexity index is 2080. The molecule has 5 aromatic rings. The van der Waals surface area contributed by atoms with E-state index in [-0.39, 0.29) is 32.0 Å². The summed E-state index contributed by atoms with van der Waals surface area (Å²) in [5, 5.41) is 16.1. The summed E-state index contributed by atoms with van der Waals surface area (Å²) in [6, 6.07) is 38.4. The average Bonchev–Trinajstić information content (AvgIpc) is 3.60. The van der Waals surface area contributed by atoms with Crippen molar-refractivity contribution in [3.05, 3.63) is 160 Å². The number of aliphatic hydroxyl groups excluding tert-OH is 1. The molecule has 0 saturated heterocycles. The SMILES string of the molecule is COc1ccc(CNC(=O)[C@]2(Cc3ccccc3CN=[N+]=[N-])N=C(c3ccc(OCCCO)cc3)O[C@@H]2c2ccc(-c3ccccc3)cc2)c(OC)c1. The van der Waals surface area contributed by atoms with Crippen molar-refractivity contribution < 1.29 is 28.8 Å². The fraction of sp³-hybridized carbons (Fsp3) is 0.238. The number of hydrogen-bond donors (Lipinski definition) is 2. The van der Waals surface area contributed by atoms with Crippen LogP contribution in [0.1, 0.15) is 40.3 Å². The van der Waals surface area contributed by atoms with Crippen molar-refractivity contribution in [2.75, 3.05) is 27.4 Å². The maximum absolute atomic E-state index is 15.0. The van der Waals surface area contributed by atoms with Gasteiger partial charge < -0.3 is 29.4 Å². The molecule has 0 fully saturated rings. The van der Waals surface area contributed by atoms with Crippen molar-refractivity contribution in [3.8, 4) is 28.4 Å². The molecular formula is C42H41N5O6. The lowest BCUT2D eigenvalue weighted by Crippen LogP contribution is -2.49. The van der Waals surface area contributed by atoms with Crippen LogP contribution in [0.15, 0.2) is 131 Å². The summed E-state index contributed by atoms with van der Waals surface area (Å²) in [4.78, 5) is 23.1. The standard InChI is InChI=1S/C42H41N5O6/c1-50-37-22-19-35(38(25-37)51-2)27-44-41(49)42(26-33-11-6-7-12-34(33)28-45-47-43)39(31-15-13-30(14-16-31)29-9-4-3-5-10-29)53-40(46-42)32-17-20-36(21-18-32)52-24-8-23-48/h3-7,9-22,25,39,48H,8,23-24,26-28H2,1-2H3,(H,44,49)/t39-,42-/m1/s1. The Morgan fingerprint density at radius 1 is 0.849 bits per heavy atom. The van der Waals surface area contributed by atoms with Crippen LogP contribution in [0, 0.1) is 0 Å². The lowest BCUT2D eigenvalue weighted by molar-refractivity contribution is -0.129. The average molecular weight is 712 g/mol. The van der Waals surface area contributed by atoms with Crippen LogP contribution >= 0.6 is 0 Å². The van der Waals surface area contributed by atoms with Gasteiger partial charge in [-0.05, 0) is 69.7 Å². The Morgan fingerprint density at radius 3 is 2.23 bits per heavy atom. The van der Waals surface area contributed by atoms with Gasteiger partial charge in [-0.15, -0.1) is 0 Å². The van der Waals surface area contributed by atoms with Crippen molar-refractivity contribution >= 4 is 11.8 Å². The number of carbonyl (C=O) groups excluding carboxylic acids is 1. The number of benzene rings is 5. The first-order chi connectivity index (χ1) is 26.0. The fourth-order valence-electron chi connectivity index (χ4n) is 6.37. The summed E-state index contributed by atoms with van der Waals surface area (Å²) in [5.41, 5.74) is 13.5. The summed E-state index contributed by atoms with van der Waals surface area (Å²) in [6.45, 7) is 0.682. The van der Waals surface area contributed by atoms with E-state index in [0.29, 0.717) is 41.7 Å². The van der Waals surface area contributed by atoms with Gasteiger partial charge in [0, 0.05) is 48.1 Å². The Morgan fingerprint density at radius 2 is 1.53 bits per heavy atom. The molecule has 53 heavy (non-hydrogen) atoms. The number of nitrogens with one attached hydrogen (secondary N) is 1. The highest BCUT2D eigenvalue weighted by Crippen LogP contribution is 2.43. The van der Waals surface area contributed by atoms with E-state index in [1.807, 2.05) is 115 Å². The highest BCUT2D eigenvalue weighted by atomic mass is 16.5. The second kappa shape index (κ2) is 17.3. The normalized spacial score (nSPS) is 16.1. The summed E-state index contributed by atoms with van der Waals surface area (Å²) >= 11 is 0. The Kier molecular flexibility index (Phi) is 11.9. The molecule has 2 atom stereocenters. The molecule has 0 aromatic heterocycles. The van der Waals surface area contributed by atoms with Crippen LogP contribution in [0.4, 0.5) is 0 Å². The molecule has 5 aromatic carbocycles. The van der Waals surface area contributed by atoms with Crippen LogP contribution < -0.4 is 19.5 Å². The Hall–Kier alpha value is -6.29. The van der Waals surface area contributed by atoms with Crippen LogP contribution in [-0.2, 0) is 29.0 Å². The van der Waals surface area contributed by atoms with Crippen LogP contribution in [0.5, 0.6) is 17.2 Å². The minimum Gasteiger partial charge on any atom is -0.497 e. The van der Waals surface area contributed by atoms with E-state index in [0.717, 1.165) is 33.4 Å². The molecular weight excluding hydrogens is 670 g/mol. The zero-order chi connectivity index (χ0) is 37.0. The van der Waals surface area contributed by atoms with Gasteiger partial charge >= 0.3 is 0 Å². The number of nitrogens with zero attached hydrogens (tertiary/aromatic N) is 4. The summed E-state index contributed by atoms with van der Waals surface area (Å²) in [7, 11) is 3.15. The zero-order valence-corrected chi connectivity index (χ0v) is 29.6. The lowest BCUT2D eigenvalue weighted by Gasteiger charge is -2.31. The number of aliphatic hydroxyl groups is 1. The van der Waals surface area contributed by atoms with Gasteiger partial charge in [0.25, 0.3) is 5.91 Å². The molecule has 1 aliphatic heterocycles. The summed E-state index contributed by atoms with van der Waals surface area (Å²) in [5.74, 6) is 1.78. The van der Waals surface area contributed by atoms with Gasteiger partial charge in [-0.25, -0.2) is 4.99 Å². The number of ether oxygens (including phenoxy) is 4. The highest BCUT2D eigenvalue weighted by molar-refractivity contribution is 6.01. The van der Waals surface area contributed by atoms with Crippen molar-refractivity contribution in [1.29, 1.82) is 0 Å². The second-order valence-electron chi connectivity index (χ2n) is 12.5. The molecule has 6 rings (SSSR count). The third kappa shape index (κ3) is 8.44. The quantitative estimate of drug-likeness (QED) is 0.0463. The van der Waals surface area contributed by atoms with Crippen LogP contribution in [-0.4, -0.2) is 49.9 Å². The van der Waals surface area contributed by atoms with Crippen LogP contribution in [0.2, 0.25) is 0 Å². The monoisotopic (exact) mass is 711 g/mol. The number of hydrogen-bond acceptors (Lipinski definition) is 8. The number of aliphatic imine (C=N–C) groups is 1. The molecule has 11 heteroatoms. The van der Waals surface area contributed by atoms with Gasteiger partial charge in [-0.1, -0.05) is 84.0 Å². The van der Waals surface area contributed by atoms with E-state index in [1.54, 1.807) is 20.3 Å².